The molecule has 0 radical (unpaired) electrons. The minimum Gasteiger partial charge on any atom is -0.488 e. The van der Waals surface area contributed by atoms with Crippen molar-refractivity contribution in [1.82, 2.24) is 4.98 Å². The van der Waals surface area contributed by atoms with Crippen molar-refractivity contribution >= 4 is 23.5 Å². The highest BCUT2D eigenvalue weighted by Crippen LogP contribution is 2.29. The molecule has 3 rings (SSSR count). The topological polar surface area (TPSA) is 39.2 Å². The Kier molecular flexibility index (Phi) is 3.84. The second-order valence-corrected chi connectivity index (χ2v) is 5.07. The quantitative estimate of drug-likeness (QED) is 0.636. The summed E-state index contributed by atoms with van der Waals surface area (Å²) in [5.41, 5.74) is 2.40. The van der Waals surface area contributed by atoms with Gasteiger partial charge in [-0.3, -0.25) is 9.78 Å². The van der Waals surface area contributed by atoms with Gasteiger partial charge in [0, 0.05) is 28.5 Å². The first-order valence-electron chi connectivity index (χ1n) is 6.48. The zero-order chi connectivity index (χ0) is 14.7. The van der Waals surface area contributed by atoms with Gasteiger partial charge in [-0.15, -0.1) is 0 Å². The van der Waals surface area contributed by atoms with Crippen LogP contribution in [-0.4, -0.2) is 17.4 Å². The molecule has 0 N–H and O–H groups in total. The van der Waals surface area contributed by atoms with Crippen molar-refractivity contribution in [3.05, 3.63) is 76.6 Å². The fourth-order valence-corrected chi connectivity index (χ4v) is 2.23. The number of allylic oxidation sites excluding steroid dienone is 1. The standard InChI is InChI=1S/C17H12ClNO2/c18-15-4-6-17-14(9-15)8-12(11-21-17)3-5-16(20)13-2-1-7-19-10-13/h1-10H,11H2/b5-3+. The van der Waals surface area contributed by atoms with Crippen LogP contribution in [0, 0.1) is 0 Å². The Morgan fingerprint density at radius 1 is 1.33 bits per heavy atom. The van der Waals surface area contributed by atoms with E-state index >= 15 is 0 Å². The van der Waals surface area contributed by atoms with Gasteiger partial charge in [0.1, 0.15) is 12.4 Å². The molecule has 21 heavy (non-hydrogen) atoms. The van der Waals surface area contributed by atoms with Crippen molar-refractivity contribution in [2.24, 2.45) is 0 Å². The van der Waals surface area contributed by atoms with E-state index in [9.17, 15) is 4.79 Å². The predicted molar refractivity (Wildman–Crippen MR) is 82.6 cm³/mol. The first-order chi connectivity index (χ1) is 10.2. The number of ether oxygens (including phenoxy) is 1. The summed E-state index contributed by atoms with van der Waals surface area (Å²) in [4.78, 5) is 15.9. The molecule has 2 heterocycles. The van der Waals surface area contributed by atoms with Crippen LogP contribution in [0.3, 0.4) is 0 Å². The Morgan fingerprint density at radius 2 is 2.24 bits per heavy atom. The summed E-state index contributed by atoms with van der Waals surface area (Å²) in [6.07, 6.45) is 8.45. The van der Waals surface area contributed by atoms with Crippen molar-refractivity contribution in [3.8, 4) is 5.75 Å². The molecule has 2 aromatic rings. The van der Waals surface area contributed by atoms with Gasteiger partial charge < -0.3 is 4.74 Å². The number of ketones is 1. The molecule has 0 aliphatic carbocycles. The molecular weight excluding hydrogens is 286 g/mol. The van der Waals surface area contributed by atoms with E-state index in [1.165, 1.54) is 6.08 Å². The van der Waals surface area contributed by atoms with Crippen molar-refractivity contribution in [1.29, 1.82) is 0 Å². The molecule has 0 saturated carbocycles. The third-order valence-electron chi connectivity index (χ3n) is 3.10. The average molecular weight is 298 g/mol. The van der Waals surface area contributed by atoms with Gasteiger partial charge in [0.25, 0.3) is 0 Å². The Bertz CT molecular complexity index is 736. The molecule has 0 amide bonds. The predicted octanol–water partition coefficient (Wildman–Crippen LogP) is 3.95. The third-order valence-corrected chi connectivity index (χ3v) is 3.34. The van der Waals surface area contributed by atoms with Crippen LogP contribution < -0.4 is 4.74 Å². The molecule has 0 bridgehead atoms. The first-order valence-corrected chi connectivity index (χ1v) is 6.85. The van der Waals surface area contributed by atoms with Crippen molar-refractivity contribution in [2.45, 2.75) is 0 Å². The Hall–Kier alpha value is -2.39. The average Bonchev–Trinajstić information content (AvgIpc) is 2.53. The van der Waals surface area contributed by atoms with E-state index in [0.717, 1.165) is 16.9 Å². The monoisotopic (exact) mass is 297 g/mol. The molecule has 4 heteroatoms. The summed E-state index contributed by atoms with van der Waals surface area (Å²) in [6.45, 7) is 0.436. The van der Waals surface area contributed by atoms with Crippen molar-refractivity contribution in [3.63, 3.8) is 0 Å². The van der Waals surface area contributed by atoms with E-state index in [1.807, 2.05) is 18.2 Å². The Labute approximate surface area is 127 Å². The summed E-state index contributed by atoms with van der Waals surface area (Å²) >= 11 is 5.97. The lowest BCUT2D eigenvalue weighted by Gasteiger charge is -2.16. The molecule has 1 aliphatic rings. The largest absolute Gasteiger partial charge is 0.488 e. The molecule has 0 spiro atoms. The minimum atomic E-state index is -0.0825. The number of hydrogen-bond acceptors (Lipinski definition) is 3. The van der Waals surface area contributed by atoms with Crippen LogP contribution in [0.15, 0.2) is 60.5 Å². The molecule has 3 nitrogen and oxygen atoms in total. The number of carbonyl (C=O) groups excluding carboxylic acids is 1. The zero-order valence-corrected chi connectivity index (χ0v) is 11.9. The third kappa shape index (κ3) is 3.20. The van der Waals surface area contributed by atoms with E-state index in [2.05, 4.69) is 4.98 Å². The number of benzene rings is 1. The molecular formula is C17H12ClNO2. The zero-order valence-electron chi connectivity index (χ0n) is 11.1. The Morgan fingerprint density at radius 3 is 3.05 bits per heavy atom. The maximum atomic E-state index is 12.0. The summed E-state index contributed by atoms with van der Waals surface area (Å²) in [7, 11) is 0. The highest BCUT2D eigenvalue weighted by atomic mass is 35.5. The minimum absolute atomic E-state index is 0.0825. The number of fused-ring (bicyclic) bond motifs is 1. The molecule has 1 aliphatic heterocycles. The lowest BCUT2D eigenvalue weighted by atomic mass is 10.1. The normalized spacial score (nSPS) is 13.5. The van der Waals surface area contributed by atoms with Crippen LogP contribution in [0.4, 0.5) is 0 Å². The van der Waals surface area contributed by atoms with Crippen LogP contribution >= 0.6 is 11.6 Å². The number of rotatable bonds is 3. The van der Waals surface area contributed by atoms with Crippen LogP contribution in [0.2, 0.25) is 5.02 Å². The molecule has 0 unspecified atom stereocenters. The van der Waals surface area contributed by atoms with Crippen LogP contribution in [-0.2, 0) is 0 Å². The molecule has 0 atom stereocenters. The van der Waals surface area contributed by atoms with Gasteiger partial charge in [0.15, 0.2) is 5.78 Å². The van der Waals surface area contributed by atoms with Gasteiger partial charge >= 0.3 is 0 Å². The summed E-state index contributed by atoms with van der Waals surface area (Å²) in [5.74, 6) is 0.719. The highest BCUT2D eigenvalue weighted by molar-refractivity contribution is 6.30. The van der Waals surface area contributed by atoms with Gasteiger partial charge in [-0.25, -0.2) is 0 Å². The van der Waals surface area contributed by atoms with E-state index in [0.29, 0.717) is 17.2 Å². The van der Waals surface area contributed by atoms with Gasteiger partial charge in [-0.2, -0.15) is 0 Å². The number of aromatic nitrogens is 1. The fraction of sp³-hybridized carbons (Fsp3) is 0.0588. The molecule has 0 fully saturated rings. The summed E-state index contributed by atoms with van der Waals surface area (Å²) < 4.78 is 5.63. The lowest BCUT2D eigenvalue weighted by molar-refractivity contribution is 0.104. The van der Waals surface area contributed by atoms with E-state index in [1.54, 1.807) is 36.7 Å². The van der Waals surface area contributed by atoms with Crippen molar-refractivity contribution < 1.29 is 9.53 Å². The second-order valence-electron chi connectivity index (χ2n) is 4.63. The van der Waals surface area contributed by atoms with Gasteiger partial charge in [-0.1, -0.05) is 17.7 Å². The SMILES string of the molecule is O=C(/C=C/C1=Cc2cc(Cl)ccc2OC1)c1cccnc1. The number of carbonyl (C=O) groups is 1. The van der Waals surface area contributed by atoms with Gasteiger partial charge in [0.2, 0.25) is 0 Å². The van der Waals surface area contributed by atoms with E-state index in [-0.39, 0.29) is 5.78 Å². The molecule has 0 saturated heterocycles. The maximum Gasteiger partial charge on any atom is 0.187 e. The number of hydrogen-bond donors (Lipinski definition) is 0. The van der Waals surface area contributed by atoms with Crippen LogP contribution in [0.5, 0.6) is 5.75 Å². The number of nitrogens with zero attached hydrogens (tertiary/aromatic N) is 1. The number of pyridine rings is 1. The van der Waals surface area contributed by atoms with E-state index < -0.39 is 0 Å². The fourth-order valence-electron chi connectivity index (χ4n) is 2.05. The Balaban J connectivity index is 1.80. The van der Waals surface area contributed by atoms with Crippen LogP contribution in [0.25, 0.3) is 6.08 Å². The number of halogens is 1. The molecule has 1 aromatic heterocycles. The maximum absolute atomic E-state index is 12.0. The summed E-state index contributed by atoms with van der Waals surface area (Å²) in [5, 5.41) is 0.658. The van der Waals surface area contributed by atoms with E-state index in [4.69, 9.17) is 16.3 Å². The second kappa shape index (κ2) is 5.94. The van der Waals surface area contributed by atoms with Crippen molar-refractivity contribution in [2.75, 3.05) is 6.61 Å². The lowest BCUT2D eigenvalue weighted by Crippen LogP contribution is -2.06. The highest BCUT2D eigenvalue weighted by Gasteiger charge is 2.10. The van der Waals surface area contributed by atoms with Gasteiger partial charge in [0.05, 0.1) is 0 Å². The summed E-state index contributed by atoms with van der Waals surface area (Å²) in [6, 6.07) is 8.95. The first kappa shape index (κ1) is 13.6. The smallest absolute Gasteiger partial charge is 0.187 e. The molecule has 1 aromatic carbocycles. The van der Waals surface area contributed by atoms with Crippen LogP contribution in [0.1, 0.15) is 15.9 Å². The van der Waals surface area contributed by atoms with Gasteiger partial charge in [-0.05, 0) is 48.1 Å². The molecule has 104 valence electrons.